The van der Waals surface area contributed by atoms with Gasteiger partial charge in [0.15, 0.2) is 0 Å². The first-order chi connectivity index (χ1) is 17.6. The third-order valence-electron chi connectivity index (χ3n) is 5.29. The van der Waals surface area contributed by atoms with Crippen LogP contribution in [0.15, 0.2) is 105 Å². The molecule has 188 valence electrons. The quantitative estimate of drug-likeness (QED) is 0.219. The summed E-state index contributed by atoms with van der Waals surface area (Å²) < 4.78 is 60.3. The molecule has 3 aromatic rings. The van der Waals surface area contributed by atoms with Crippen molar-refractivity contribution in [3.05, 3.63) is 107 Å². The number of nitrogens with zero attached hydrogens (tertiary/aromatic N) is 2. The van der Waals surface area contributed by atoms with Crippen molar-refractivity contribution in [3.63, 3.8) is 0 Å². The van der Waals surface area contributed by atoms with Crippen molar-refractivity contribution < 1.29 is 25.3 Å². The number of benzene rings is 3. The smallest absolute Gasteiger partial charge is 0.358 e. The van der Waals surface area contributed by atoms with Crippen LogP contribution in [0.1, 0.15) is 16.7 Å². The van der Waals surface area contributed by atoms with E-state index >= 15 is 0 Å². The molecule has 0 radical (unpaired) electrons. The third-order valence-corrected chi connectivity index (χ3v) is 8.46. The van der Waals surface area contributed by atoms with Gasteiger partial charge in [-0.15, -0.1) is 0 Å². The SMILES string of the molecule is Cc1ccc(S(=O)(=O)Oc2ccc(S(=O)(=O)O/N=C3/SC=C/C3=C(/C#N)c3ccccc3C)cc2)cc1. The number of aryl methyl sites for hydroxylation is 2. The van der Waals surface area contributed by atoms with E-state index in [2.05, 4.69) is 11.2 Å². The van der Waals surface area contributed by atoms with Crippen LogP contribution < -0.4 is 4.18 Å². The van der Waals surface area contributed by atoms with E-state index in [4.69, 9.17) is 8.47 Å². The minimum Gasteiger partial charge on any atom is -0.379 e. The number of nitriles is 1. The average Bonchev–Trinajstić information content (AvgIpc) is 3.33. The first-order valence-corrected chi connectivity index (χ1v) is 14.5. The van der Waals surface area contributed by atoms with Crippen LogP contribution in [0.4, 0.5) is 0 Å². The second-order valence-electron chi connectivity index (χ2n) is 7.88. The zero-order valence-corrected chi connectivity index (χ0v) is 22.1. The molecule has 1 aliphatic rings. The zero-order valence-electron chi connectivity index (χ0n) is 19.7. The zero-order chi connectivity index (χ0) is 26.6. The highest BCUT2D eigenvalue weighted by molar-refractivity contribution is 8.17. The van der Waals surface area contributed by atoms with Gasteiger partial charge in [0, 0.05) is 5.57 Å². The predicted molar refractivity (Wildman–Crippen MR) is 142 cm³/mol. The van der Waals surface area contributed by atoms with Crippen molar-refractivity contribution in [1.29, 1.82) is 5.26 Å². The highest BCUT2D eigenvalue weighted by Crippen LogP contribution is 2.32. The fourth-order valence-corrected chi connectivity index (χ4v) is 5.76. The monoisotopic (exact) mass is 552 g/mol. The minimum atomic E-state index is -4.33. The molecule has 0 aliphatic carbocycles. The fourth-order valence-electron chi connectivity index (χ4n) is 3.35. The topological polar surface area (TPSA) is 123 Å². The van der Waals surface area contributed by atoms with Crippen molar-refractivity contribution >= 4 is 42.6 Å². The van der Waals surface area contributed by atoms with Crippen LogP contribution in [-0.2, 0) is 24.5 Å². The van der Waals surface area contributed by atoms with Gasteiger partial charge in [-0.25, -0.2) is 0 Å². The minimum absolute atomic E-state index is 0.0251. The van der Waals surface area contributed by atoms with Crippen molar-refractivity contribution in [2.45, 2.75) is 23.6 Å². The molecule has 0 bridgehead atoms. The molecule has 0 saturated carbocycles. The Labute approximate surface area is 219 Å². The number of thioether (sulfide) groups is 1. The molecule has 0 spiro atoms. The van der Waals surface area contributed by atoms with Crippen LogP contribution >= 0.6 is 11.8 Å². The standard InChI is InChI=1S/C26H20N2O6S3/c1-18-7-11-21(12-8-18)36(29,30)33-20-9-13-22(14-10-20)37(31,32)34-28-26-24(15-16-35-26)25(17-27)23-6-4-3-5-19(23)2/h3-16H,1-2H3/b25-24+,28-26+. The maximum Gasteiger partial charge on any atom is 0.358 e. The summed E-state index contributed by atoms with van der Waals surface area (Å²) in [7, 11) is -8.42. The summed E-state index contributed by atoms with van der Waals surface area (Å²) in [6.07, 6.45) is 1.67. The van der Waals surface area contributed by atoms with Gasteiger partial charge in [-0.1, -0.05) is 58.9 Å². The lowest BCUT2D eigenvalue weighted by Gasteiger charge is -2.09. The van der Waals surface area contributed by atoms with Crippen LogP contribution in [0, 0.1) is 25.2 Å². The van der Waals surface area contributed by atoms with E-state index in [1.807, 2.05) is 32.0 Å². The van der Waals surface area contributed by atoms with Crippen LogP contribution in [-0.4, -0.2) is 21.9 Å². The molecular weight excluding hydrogens is 532 g/mol. The molecule has 1 aliphatic heterocycles. The summed E-state index contributed by atoms with van der Waals surface area (Å²) in [5, 5.41) is 15.5. The molecule has 0 unspecified atom stereocenters. The van der Waals surface area contributed by atoms with Crippen LogP contribution in [0.3, 0.4) is 0 Å². The number of hydrogen-bond donors (Lipinski definition) is 0. The van der Waals surface area contributed by atoms with Crippen LogP contribution in [0.25, 0.3) is 5.57 Å². The van der Waals surface area contributed by atoms with Gasteiger partial charge in [0.25, 0.3) is 0 Å². The third kappa shape index (κ3) is 5.94. The van der Waals surface area contributed by atoms with Gasteiger partial charge in [-0.05, 0) is 72.9 Å². The van der Waals surface area contributed by atoms with E-state index in [9.17, 15) is 22.1 Å². The molecule has 8 nitrogen and oxygen atoms in total. The summed E-state index contributed by atoms with van der Waals surface area (Å²) in [5.41, 5.74) is 3.28. The summed E-state index contributed by atoms with van der Waals surface area (Å²) in [4.78, 5) is -0.277. The van der Waals surface area contributed by atoms with E-state index in [0.29, 0.717) is 16.7 Å². The fraction of sp³-hybridized carbons (Fsp3) is 0.0769. The summed E-state index contributed by atoms with van der Waals surface area (Å²) in [6.45, 7) is 3.70. The Morgan fingerprint density at radius 2 is 1.49 bits per heavy atom. The Kier molecular flexibility index (Phi) is 7.54. The van der Waals surface area contributed by atoms with Crippen molar-refractivity contribution in [2.75, 3.05) is 0 Å². The van der Waals surface area contributed by atoms with Crippen molar-refractivity contribution in [2.24, 2.45) is 5.16 Å². The molecule has 0 N–H and O–H groups in total. The lowest BCUT2D eigenvalue weighted by atomic mass is 9.97. The van der Waals surface area contributed by atoms with Gasteiger partial charge >= 0.3 is 20.2 Å². The largest absolute Gasteiger partial charge is 0.379 e. The first kappa shape index (κ1) is 26.2. The molecule has 0 aromatic heterocycles. The van der Waals surface area contributed by atoms with Crippen molar-refractivity contribution in [1.82, 2.24) is 0 Å². The van der Waals surface area contributed by atoms with E-state index in [0.717, 1.165) is 35.0 Å². The van der Waals surface area contributed by atoms with Gasteiger partial charge in [-0.3, -0.25) is 4.28 Å². The highest BCUT2D eigenvalue weighted by atomic mass is 32.2. The Balaban J connectivity index is 1.53. The molecule has 37 heavy (non-hydrogen) atoms. The van der Waals surface area contributed by atoms with Crippen LogP contribution in [0.2, 0.25) is 0 Å². The summed E-state index contributed by atoms with van der Waals surface area (Å²) in [6, 6.07) is 20.4. The lowest BCUT2D eigenvalue weighted by molar-refractivity contribution is 0.340. The molecule has 0 saturated heterocycles. The highest BCUT2D eigenvalue weighted by Gasteiger charge is 2.23. The Hall–Kier alpha value is -3.85. The molecule has 11 heteroatoms. The maximum atomic E-state index is 12.7. The van der Waals surface area contributed by atoms with E-state index in [1.54, 1.807) is 29.7 Å². The Bertz CT molecular complexity index is 1680. The van der Waals surface area contributed by atoms with Gasteiger partial charge in [0.2, 0.25) is 0 Å². The second-order valence-corrected chi connectivity index (χ2v) is 11.9. The van der Waals surface area contributed by atoms with Crippen LogP contribution in [0.5, 0.6) is 5.75 Å². The van der Waals surface area contributed by atoms with Gasteiger partial charge in [0.05, 0.1) is 5.57 Å². The molecule has 1 heterocycles. The second kappa shape index (κ2) is 10.6. The Morgan fingerprint density at radius 3 is 2.14 bits per heavy atom. The molecule has 4 rings (SSSR count). The maximum absolute atomic E-state index is 12.7. The predicted octanol–water partition coefficient (Wildman–Crippen LogP) is 5.33. The molecule has 0 amide bonds. The van der Waals surface area contributed by atoms with Gasteiger partial charge in [-0.2, -0.15) is 22.1 Å². The van der Waals surface area contributed by atoms with Gasteiger partial charge in [0.1, 0.15) is 26.7 Å². The molecule has 0 atom stereocenters. The number of rotatable bonds is 7. The lowest BCUT2D eigenvalue weighted by Crippen LogP contribution is -2.10. The molecule has 0 fully saturated rings. The molecule has 3 aromatic carbocycles. The van der Waals surface area contributed by atoms with E-state index < -0.39 is 20.2 Å². The normalized spacial score (nSPS) is 15.9. The van der Waals surface area contributed by atoms with Gasteiger partial charge < -0.3 is 4.18 Å². The summed E-state index contributed by atoms with van der Waals surface area (Å²) in [5.74, 6) is -0.0662. The van der Waals surface area contributed by atoms with Crippen molar-refractivity contribution in [3.8, 4) is 11.8 Å². The van der Waals surface area contributed by atoms with E-state index in [-0.39, 0.29) is 20.6 Å². The first-order valence-electron chi connectivity index (χ1n) is 10.8. The number of oxime groups is 1. The summed E-state index contributed by atoms with van der Waals surface area (Å²) >= 11 is 1.12. The number of allylic oxidation sites excluding steroid dienone is 2. The average molecular weight is 553 g/mol. The van der Waals surface area contributed by atoms with E-state index in [1.165, 1.54) is 24.3 Å². The number of hydrogen-bond acceptors (Lipinski definition) is 9. The molecular formula is C26H20N2O6S3. The Morgan fingerprint density at radius 1 is 0.865 bits per heavy atom.